The predicted molar refractivity (Wildman–Crippen MR) is 125 cm³/mol. The Bertz CT molecular complexity index is 814. The molecular weight excluding hydrogens is 480 g/mol. The quantitative estimate of drug-likeness (QED) is 0.132. The van der Waals surface area contributed by atoms with Crippen molar-refractivity contribution in [3.8, 4) is 0 Å². The largest absolute Gasteiger partial charge is 0.481 e. The van der Waals surface area contributed by atoms with E-state index in [1.807, 2.05) is 0 Å². The maximum absolute atomic E-state index is 12.8. The van der Waals surface area contributed by atoms with Crippen molar-refractivity contribution in [3.63, 3.8) is 0 Å². The van der Waals surface area contributed by atoms with Gasteiger partial charge in [0.25, 0.3) is 0 Å². The molecule has 14 nitrogen and oxygen atoms in total. The van der Waals surface area contributed by atoms with Crippen molar-refractivity contribution >= 4 is 41.5 Å². The van der Waals surface area contributed by atoms with Gasteiger partial charge in [-0.25, -0.2) is 0 Å². The van der Waals surface area contributed by atoms with Crippen LogP contribution in [0.3, 0.4) is 0 Å². The van der Waals surface area contributed by atoms with E-state index in [1.165, 1.54) is 11.9 Å². The maximum Gasteiger partial charge on any atom is 0.305 e. The molecule has 14 heteroatoms. The van der Waals surface area contributed by atoms with E-state index in [0.717, 1.165) is 19.8 Å². The Balaban J connectivity index is 5.54. The third-order valence-corrected chi connectivity index (χ3v) is 4.98. The van der Waals surface area contributed by atoms with Crippen molar-refractivity contribution < 1.29 is 48.9 Å². The van der Waals surface area contributed by atoms with Gasteiger partial charge in [0.15, 0.2) is 0 Å². The topological polar surface area (TPSA) is 220 Å². The van der Waals surface area contributed by atoms with E-state index in [4.69, 9.17) is 10.2 Å². The molecule has 3 atom stereocenters. The molecule has 4 amide bonds. The van der Waals surface area contributed by atoms with E-state index >= 15 is 0 Å². The standard InChI is InChI=1S/C22H36N4O10/c1-12(2)7-5-6-8-26(4)22(36)16(11-19(32)33)25-21(35)15(10-18(30)31)24-20(34)14(9-17(28)29)23-13(3)27/h12,14-16H,5-11H2,1-4H3,(H,23,27)(H,24,34)(H,25,35)(H,28,29)(H,30,31)(H,32,33). The highest BCUT2D eigenvalue weighted by molar-refractivity contribution is 5.97. The van der Waals surface area contributed by atoms with Crippen molar-refractivity contribution in [3.05, 3.63) is 0 Å². The fourth-order valence-corrected chi connectivity index (χ4v) is 3.21. The monoisotopic (exact) mass is 516 g/mol. The summed E-state index contributed by atoms with van der Waals surface area (Å²) in [5, 5.41) is 33.6. The Morgan fingerprint density at radius 1 is 0.694 bits per heavy atom. The van der Waals surface area contributed by atoms with Crippen molar-refractivity contribution in [1.29, 1.82) is 0 Å². The van der Waals surface area contributed by atoms with Gasteiger partial charge >= 0.3 is 17.9 Å². The third kappa shape index (κ3) is 13.9. The van der Waals surface area contributed by atoms with Gasteiger partial charge in [-0.15, -0.1) is 0 Å². The summed E-state index contributed by atoms with van der Waals surface area (Å²) in [6, 6.07) is -4.92. The van der Waals surface area contributed by atoms with E-state index in [2.05, 4.69) is 29.8 Å². The van der Waals surface area contributed by atoms with Crippen molar-refractivity contribution in [2.45, 2.75) is 77.4 Å². The fraction of sp³-hybridized carbons (Fsp3) is 0.682. The molecule has 0 saturated heterocycles. The molecule has 0 aliphatic rings. The molecule has 0 aliphatic carbocycles. The Labute approximate surface area is 208 Å². The Morgan fingerprint density at radius 3 is 1.53 bits per heavy atom. The zero-order valence-corrected chi connectivity index (χ0v) is 20.9. The molecule has 0 fully saturated rings. The summed E-state index contributed by atoms with van der Waals surface area (Å²) in [4.78, 5) is 84.2. The minimum Gasteiger partial charge on any atom is -0.481 e. The minimum atomic E-state index is -1.78. The number of nitrogens with zero attached hydrogens (tertiary/aromatic N) is 1. The number of hydrogen-bond donors (Lipinski definition) is 6. The molecule has 0 bridgehead atoms. The van der Waals surface area contributed by atoms with Crippen molar-refractivity contribution in [1.82, 2.24) is 20.9 Å². The first-order chi connectivity index (χ1) is 16.6. The number of hydrogen-bond acceptors (Lipinski definition) is 7. The second kappa shape index (κ2) is 16.1. The van der Waals surface area contributed by atoms with Gasteiger partial charge in [0, 0.05) is 20.5 Å². The normalized spacial score (nSPS) is 13.1. The first-order valence-corrected chi connectivity index (χ1v) is 11.4. The second-order valence-electron chi connectivity index (χ2n) is 8.82. The zero-order valence-electron chi connectivity index (χ0n) is 20.9. The molecule has 0 aromatic carbocycles. The van der Waals surface area contributed by atoms with Crippen LogP contribution in [-0.4, -0.2) is 93.5 Å². The summed E-state index contributed by atoms with van der Waals surface area (Å²) >= 11 is 0. The Kier molecular flexibility index (Phi) is 14.4. The number of carbonyl (C=O) groups is 7. The summed E-state index contributed by atoms with van der Waals surface area (Å²) < 4.78 is 0. The third-order valence-electron chi connectivity index (χ3n) is 4.98. The van der Waals surface area contributed by atoms with Gasteiger partial charge in [-0.05, 0) is 12.3 Å². The molecule has 0 aliphatic heterocycles. The highest BCUT2D eigenvalue weighted by atomic mass is 16.4. The summed E-state index contributed by atoms with van der Waals surface area (Å²) in [5.74, 6) is -7.61. The molecule has 0 saturated carbocycles. The van der Waals surface area contributed by atoms with Gasteiger partial charge in [-0.2, -0.15) is 0 Å². The number of carboxylic acids is 3. The van der Waals surface area contributed by atoms with E-state index < -0.39 is 78.9 Å². The van der Waals surface area contributed by atoms with E-state index in [9.17, 15) is 38.7 Å². The number of amides is 4. The van der Waals surface area contributed by atoms with Crippen LogP contribution in [0.2, 0.25) is 0 Å². The molecule has 3 unspecified atom stereocenters. The number of carbonyl (C=O) groups excluding carboxylic acids is 4. The van der Waals surface area contributed by atoms with Crippen LogP contribution >= 0.6 is 0 Å². The maximum atomic E-state index is 12.8. The lowest BCUT2D eigenvalue weighted by molar-refractivity contribution is -0.145. The molecular formula is C22H36N4O10. The average Bonchev–Trinajstić information content (AvgIpc) is 2.73. The van der Waals surface area contributed by atoms with Crippen LogP contribution in [0.25, 0.3) is 0 Å². The molecule has 6 N–H and O–H groups in total. The van der Waals surface area contributed by atoms with Gasteiger partial charge < -0.3 is 36.2 Å². The lowest BCUT2D eigenvalue weighted by Gasteiger charge is -2.26. The SMILES string of the molecule is CC(=O)NC(CC(=O)O)C(=O)NC(CC(=O)O)C(=O)NC(CC(=O)O)C(=O)N(C)CCCCC(C)C. The molecule has 0 rings (SSSR count). The van der Waals surface area contributed by atoms with Crippen molar-refractivity contribution in [2.24, 2.45) is 5.92 Å². The molecule has 0 heterocycles. The number of likely N-dealkylation sites (N-methyl/N-ethyl adjacent to an activating group) is 1. The van der Waals surface area contributed by atoms with Crippen LogP contribution in [0.15, 0.2) is 0 Å². The zero-order chi connectivity index (χ0) is 28.0. The van der Waals surface area contributed by atoms with Crippen LogP contribution in [-0.2, 0) is 33.6 Å². The summed E-state index contributed by atoms with van der Waals surface area (Å²) in [6.45, 7) is 5.45. The van der Waals surface area contributed by atoms with Gasteiger partial charge in [-0.1, -0.05) is 26.7 Å². The molecule has 0 spiro atoms. The molecule has 0 aromatic rings. The first-order valence-electron chi connectivity index (χ1n) is 11.4. The van der Waals surface area contributed by atoms with E-state index in [1.54, 1.807) is 0 Å². The smallest absolute Gasteiger partial charge is 0.305 e. The number of aliphatic carboxylic acids is 3. The average molecular weight is 517 g/mol. The number of unbranched alkanes of at least 4 members (excludes halogenated alkanes) is 1. The molecule has 36 heavy (non-hydrogen) atoms. The first kappa shape index (κ1) is 32.3. The van der Waals surface area contributed by atoms with Crippen LogP contribution in [0.5, 0.6) is 0 Å². The molecule has 204 valence electrons. The summed E-state index contributed by atoms with van der Waals surface area (Å²) in [6.07, 6.45) is -0.147. The van der Waals surface area contributed by atoms with Crippen molar-refractivity contribution in [2.75, 3.05) is 13.6 Å². The van der Waals surface area contributed by atoms with E-state index in [-0.39, 0.29) is 0 Å². The van der Waals surface area contributed by atoms with E-state index in [0.29, 0.717) is 18.9 Å². The Hall–Kier alpha value is -3.71. The van der Waals surface area contributed by atoms with Crippen LogP contribution < -0.4 is 16.0 Å². The van der Waals surface area contributed by atoms with Gasteiger partial charge in [0.1, 0.15) is 18.1 Å². The minimum absolute atomic E-state index is 0.306. The summed E-state index contributed by atoms with van der Waals surface area (Å²) in [5.41, 5.74) is 0. The lowest BCUT2D eigenvalue weighted by Crippen LogP contribution is -2.57. The number of rotatable bonds is 17. The Morgan fingerprint density at radius 2 is 1.11 bits per heavy atom. The van der Waals surface area contributed by atoms with Gasteiger partial charge in [-0.3, -0.25) is 33.6 Å². The summed E-state index contributed by atoms with van der Waals surface area (Å²) in [7, 11) is 1.44. The van der Waals surface area contributed by atoms with Gasteiger partial charge in [0.2, 0.25) is 23.6 Å². The second-order valence-corrected chi connectivity index (χ2v) is 8.82. The van der Waals surface area contributed by atoms with Crippen LogP contribution in [0, 0.1) is 5.92 Å². The molecule has 0 radical (unpaired) electrons. The highest BCUT2D eigenvalue weighted by Gasteiger charge is 2.33. The number of carboxylic acid groups (broad SMARTS) is 3. The molecule has 0 aromatic heterocycles. The number of nitrogens with one attached hydrogen (secondary N) is 3. The lowest BCUT2D eigenvalue weighted by atomic mass is 10.1. The van der Waals surface area contributed by atoms with Crippen LogP contribution in [0.4, 0.5) is 0 Å². The fourth-order valence-electron chi connectivity index (χ4n) is 3.21. The highest BCUT2D eigenvalue weighted by Crippen LogP contribution is 2.08. The predicted octanol–water partition coefficient (Wildman–Crippen LogP) is -0.830. The van der Waals surface area contributed by atoms with Crippen LogP contribution in [0.1, 0.15) is 59.3 Å². The van der Waals surface area contributed by atoms with Gasteiger partial charge in [0.05, 0.1) is 19.3 Å².